The van der Waals surface area contributed by atoms with Gasteiger partial charge in [-0.3, -0.25) is 4.79 Å². The van der Waals surface area contributed by atoms with Gasteiger partial charge >= 0.3 is 6.36 Å². The molecule has 0 saturated carbocycles. The van der Waals surface area contributed by atoms with Gasteiger partial charge in [-0.05, 0) is 31.2 Å². The van der Waals surface area contributed by atoms with Crippen LogP contribution < -0.4 is 4.74 Å². The number of nitrogens with zero attached hydrogens (tertiary/aromatic N) is 1. The lowest BCUT2D eigenvalue weighted by Gasteiger charge is -2.23. The zero-order valence-corrected chi connectivity index (χ0v) is 11.1. The largest absolute Gasteiger partial charge is 0.573 e. The maximum absolute atomic E-state index is 12.0. The predicted octanol–water partition coefficient (Wildman–Crippen LogP) is 3.28. The highest BCUT2D eigenvalue weighted by molar-refractivity contribution is 6.18. The first kappa shape index (κ1) is 15.6. The standard InChI is InChI=1S/C12H13ClF3NO2/c1-8(7-13)17(2)11(18)9-3-5-10(6-4-9)19-12(14,15)16/h3-6,8H,7H2,1-2H3. The van der Waals surface area contributed by atoms with Gasteiger partial charge in [-0.2, -0.15) is 0 Å². The fourth-order valence-electron chi connectivity index (χ4n) is 1.31. The van der Waals surface area contributed by atoms with Crippen molar-refractivity contribution in [2.75, 3.05) is 12.9 Å². The van der Waals surface area contributed by atoms with Crippen molar-refractivity contribution in [1.82, 2.24) is 4.90 Å². The summed E-state index contributed by atoms with van der Waals surface area (Å²) in [5, 5.41) is 0. The quantitative estimate of drug-likeness (QED) is 0.798. The van der Waals surface area contributed by atoms with Crippen LogP contribution in [0.15, 0.2) is 24.3 Å². The van der Waals surface area contributed by atoms with Crippen LogP contribution in [-0.4, -0.2) is 36.1 Å². The van der Waals surface area contributed by atoms with E-state index in [1.807, 2.05) is 0 Å². The number of benzene rings is 1. The third kappa shape index (κ3) is 4.63. The average Bonchev–Trinajstić information content (AvgIpc) is 2.35. The van der Waals surface area contributed by atoms with Crippen molar-refractivity contribution in [2.24, 2.45) is 0 Å². The molecule has 1 rings (SSSR count). The summed E-state index contributed by atoms with van der Waals surface area (Å²) < 4.78 is 39.6. The van der Waals surface area contributed by atoms with Crippen LogP contribution in [0, 0.1) is 0 Å². The van der Waals surface area contributed by atoms with Crippen LogP contribution in [0.5, 0.6) is 5.75 Å². The fraction of sp³-hybridized carbons (Fsp3) is 0.417. The van der Waals surface area contributed by atoms with Gasteiger partial charge in [0.1, 0.15) is 5.75 Å². The average molecular weight is 296 g/mol. The molecule has 1 aromatic rings. The molecule has 0 aliphatic heterocycles. The van der Waals surface area contributed by atoms with Gasteiger partial charge in [0.15, 0.2) is 0 Å². The van der Waals surface area contributed by atoms with Gasteiger partial charge in [-0.1, -0.05) is 0 Å². The summed E-state index contributed by atoms with van der Waals surface area (Å²) in [4.78, 5) is 13.4. The lowest BCUT2D eigenvalue weighted by Crippen LogP contribution is -2.36. The molecule has 0 fully saturated rings. The van der Waals surface area contributed by atoms with Crippen LogP contribution in [0.1, 0.15) is 17.3 Å². The van der Waals surface area contributed by atoms with Crippen LogP contribution in [0.3, 0.4) is 0 Å². The molecule has 0 spiro atoms. The number of amides is 1. The van der Waals surface area contributed by atoms with Crippen LogP contribution in [0.25, 0.3) is 0 Å². The van der Waals surface area contributed by atoms with E-state index in [0.29, 0.717) is 0 Å². The monoisotopic (exact) mass is 295 g/mol. The first-order chi connectivity index (χ1) is 8.74. The molecule has 0 radical (unpaired) electrons. The lowest BCUT2D eigenvalue weighted by molar-refractivity contribution is -0.274. The Balaban J connectivity index is 2.79. The summed E-state index contributed by atoms with van der Waals surface area (Å²) in [6, 6.07) is 4.59. The first-order valence-electron chi connectivity index (χ1n) is 5.43. The highest BCUT2D eigenvalue weighted by Crippen LogP contribution is 2.23. The van der Waals surface area contributed by atoms with Crippen molar-refractivity contribution in [3.05, 3.63) is 29.8 Å². The number of carbonyl (C=O) groups excluding carboxylic acids is 1. The molecule has 0 bridgehead atoms. The van der Waals surface area contributed by atoms with Crippen LogP contribution >= 0.6 is 11.6 Å². The number of ether oxygens (including phenoxy) is 1. The zero-order chi connectivity index (χ0) is 14.6. The minimum Gasteiger partial charge on any atom is -0.406 e. The Morgan fingerprint density at radius 3 is 2.32 bits per heavy atom. The molecule has 1 amide bonds. The third-order valence-corrected chi connectivity index (χ3v) is 2.99. The lowest BCUT2D eigenvalue weighted by atomic mass is 10.2. The highest BCUT2D eigenvalue weighted by atomic mass is 35.5. The van der Waals surface area contributed by atoms with Crippen molar-refractivity contribution in [3.63, 3.8) is 0 Å². The van der Waals surface area contributed by atoms with Crippen molar-refractivity contribution in [3.8, 4) is 5.75 Å². The number of halogens is 4. The molecule has 0 aliphatic rings. The zero-order valence-electron chi connectivity index (χ0n) is 10.4. The maximum Gasteiger partial charge on any atom is 0.573 e. The summed E-state index contributed by atoms with van der Waals surface area (Å²) in [5.74, 6) is -0.402. The van der Waals surface area contributed by atoms with Crippen LogP contribution in [0.4, 0.5) is 13.2 Å². The Bertz CT molecular complexity index is 434. The SMILES string of the molecule is CC(CCl)N(C)C(=O)c1ccc(OC(F)(F)F)cc1. The van der Waals surface area contributed by atoms with E-state index in [1.54, 1.807) is 14.0 Å². The number of rotatable bonds is 4. The summed E-state index contributed by atoms with van der Waals surface area (Å²) in [6.07, 6.45) is -4.74. The normalized spacial score (nSPS) is 12.9. The third-order valence-electron chi connectivity index (χ3n) is 2.54. The summed E-state index contributed by atoms with van der Waals surface area (Å²) >= 11 is 5.64. The van der Waals surface area contributed by atoms with E-state index in [4.69, 9.17) is 11.6 Å². The van der Waals surface area contributed by atoms with Gasteiger partial charge in [-0.25, -0.2) is 0 Å². The Hall–Kier alpha value is -1.43. The van der Waals surface area contributed by atoms with E-state index < -0.39 is 6.36 Å². The smallest absolute Gasteiger partial charge is 0.406 e. The second-order valence-corrected chi connectivity index (χ2v) is 4.30. The van der Waals surface area contributed by atoms with Gasteiger partial charge in [-0.15, -0.1) is 24.8 Å². The molecule has 0 N–H and O–H groups in total. The molecule has 19 heavy (non-hydrogen) atoms. The number of carbonyl (C=O) groups is 1. The second kappa shape index (κ2) is 6.14. The summed E-state index contributed by atoms with van der Waals surface area (Å²) in [5.41, 5.74) is 0.272. The van der Waals surface area contributed by atoms with E-state index in [-0.39, 0.29) is 29.1 Å². The molecular weight excluding hydrogens is 283 g/mol. The van der Waals surface area contributed by atoms with Crippen molar-refractivity contribution in [2.45, 2.75) is 19.3 Å². The van der Waals surface area contributed by atoms with E-state index in [9.17, 15) is 18.0 Å². The maximum atomic E-state index is 12.0. The molecule has 0 heterocycles. The Labute approximate surface area is 113 Å². The van der Waals surface area contributed by atoms with Crippen molar-refractivity contribution >= 4 is 17.5 Å². The molecule has 0 aromatic heterocycles. The molecule has 0 aliphatic carbocycles. The summed E-state index contributed by atoms with van der Waals surface area (Å²) in [7, 11) is 1.58. The highest BCUT2D eigenvalue weighted by Gasteiger charge is 2.31. The Kier molecular flexibility index (Phi) is 5.05. The van der Waals surface area contributed by atoms with Gasteiger partial charge in [0.2, 0.25) is 0 Å². The predicted molar refractivity (Wildman–Crippen MR) is 65.4 cm³/mol. The van der Waals surface area contributed by atoms with Crippen molar-refractivity contribution in [1.29, 1.82) is 0 Å². The molecule has 0 saturated heterocycles. The van der Waals surface area contributed by atoms with Crippen LogP contribution in [0.2, 0.25) is 0 Å². The molecule has 1 unspecified atom stereocenters. The van der Waals surface area contributed by atoms with E-state index in [0.717, 1.165) is 12.1 Å². The number of hydrogen-bond donors (Lipinski definition) is 0. The molecule has 106 valence electrons. The minimum absolute atomic E-state index is 0.166. The van der Waals surface area contributed by atoms with Gasteiger partial charge in [0, 0.05) is 24.5 Å². The topological polar surface area (TPSA) is 29.5 Å². The molecule has 1 atom stereocenters. The van der Waals surface area contributed by atoms with Gasteiger partial charge in [0.25, 0.3) is 5.91 Å². The fourth-order valence-corrected chi connectivity index (χ4v) is 1.51. The Morgan fingerprint density at radius 2 is 1.89 bits per heavy atom. The van der Waals surface area contributed by atoms with Gasteiger partial charge < -0.3 is 9.64 Å². The number of hydrogen-bond acceptors (Lipinski definition) is 2. The molecule has 7 heteroatoms. The minimum atomic E-state index is -4.74. The van der Waals surface area contributed by atoms with E-state index in [1.165, 1.54) is 17.0 Å². The van der Waals surface area contributed by atoms with Crippen LogP contribution in [-0.2, 0) is 0 Å². The second-order valence-electron chi connectivity index (χ2n) is 3.99. The first-order valence-corrected chi connectivity index (χ1v) is 5.97. The van der Waals surface area contributed by atoms with Gasteiger partial charge in [0.05, 0.1) is 0 Å². The Morgan fingerprint density at radius 1 is 1.37 bits per heavy atom. The number of alkyl halides is 4. The molecular formula is C12H13ClF3NO2. The van der Waals surface area contributed by atoms with E-state index in [2.05, 4.69) is 4.74 Å². The van der Waals surface area contributed by atoms with Crippen molar-refractivity contribution < 1.29 is 22.7 Å². The molecule has 3 nitrogen and oxygen atoms in total. The summed E-state index contributed by atoms with van der Waals surface area (Å²) in [6.45, 7) is 1.77. The van der Waals surface area contributed by atoms with E-state index >= 15 is 0 Å². The molecule has 1 aromatic carbocycles.